The molecule has 0 spiro atoms. The summed E-state index contributed by atoms with van der Waals surface area (Å²) >= 11 is 0. The van der Waals surface area contributed by atoms with E-state index in [0.29, 0.717) is 26.1 Å². The summed E-state index contributed by atoms with van der Waals surface area (Å²) in [7, 11) is 0. The van der Waals surface area contributed by atoms with Gasteiger partial charge in [0, 0.05) is 6.61 Å². The van der Waals surface area contributed by atoms with Crippen LogP contribution in [0.15, 0.2) is 0 Å². The number of ether oxygens (including phenoxy) is 2. The van der Waals surface area contributed by atoms with Gasteiger partial charge in [-0.25, -0.2) is 4.79 Å². The van der Waals surface area contributed by atoms with Crippen molar-refractivity contribution in [3.63, 3.8) is 0 Å². The molecule has 0 saturated heterocycles. The molecule has 1 rings (SSSR count). The molecular formula is C13H24O4. The van der Waals surface area contributed by atoms with Crippen LogP contribution < -0.4 is 0 Å². The molecule has 1 aliphatic carbocycles. The van der Waals surface area contributed by atoms with E-state index in [4.69, 9.17) is 9.47 Å². The first-order valence-electron chi connectivity index (χ1n) is 6.66. The predicted octanol–water partition coefficient (Wildman–Crippen LogP) is 2.04. The minimum Gasteiger partial charge on any atom is -0.461 e. The highest BCUT2D eigenvalue weighted by atomic mass is 16.6. The van der Waals surface area contributed by atoms with Crippen LogP contribution in [0.4, 0.5) is 0 Å². The molecule has 17 heavy (non-hydrogen) atoms. The maximum absolute atomic E-state index is 11.7. The lowest BCUT2D eigenvalue weighted by molar-refractivity contribution is -0.170. The van der Waals surface area contributed by atoms with Gasteiger partial charge in [0.05, 0.1) is 6.61 Å². The van der Waals surface area contributed by atoms with Crippen LogP contribution in [-0.4, -0.2) is 36.5 Å². The molecule has 0 amide bonds. The highest BCUT2D eigenvalue weighted by Gasteiger charge is 2.38. The molecule has 0 radical (unpaired) electrons. The Morgan fingerprint density at radius 3 is 2.53 bits per heavy atom. The third-order valence-corrected chi connectivity index (χ3v) is 3.16. The van der Waals surface area contributed by atoms with Crippen molar-refractivity contribution < 1.29 is 19.4 Å². The van der Waals surface area contributed by atoms with Crippen molar-refractivity contribution in [1.29, 1.82) is 0 Å². The highest BCUT2D eigenvalue weighted by molar-refractivity contribution is 5.79. The number of aliphatic hydroxyl groups is 1. The Bertz CT molecular complexity index is 221. The SMILES string of the molecule is CCCCOCCOC(=O)C1(O)CCCCC1. The number of carbonyl (C=O) groups excluding carboxylic acids is 1. The lowest BCUT2D eigenvalue weighted by Crippen LogP contribution is -2.42. The van der Waals surface area contributed by atoms with Crippen LogP contribution in [0.1, 0.15) is 51.9 Å². The lowest BCUT2D eigenvalue weighted by atomic mass is 9.85. The first-order chi connectivity index (χ1) is 8.19. The van der Waals surface area contributed by atoms with Gasteiger partial charge in [-0.3, -0.25) is 0 Å². The summed E-state index contributed by atoms with van der Waals surface area (Å²) in [6.07, 6.45) is 6.08. The minimum atomic E-state index is -1.23. The van der Waals surface area contributed by atoms with Gasteiger partial charge in [0.2, 0.25) is 0 Å². The van der Waals surface area contributed by atoms with Crippen LogP contribution in [0.2, 0.25) is 0 Å². The second-order valence-corrected chi connectivity index (χ2v) is 4.69. The summed E-state index contributed by atoms with van der Waals surface area (Å²) in [4.78, 5) is 11.7. The van der Waals surface area contributed by atoms with Crippen molar-refractivity contribution in [1.82, 2.24) is 0 Å². The molecule has 0 atom stereocenters. The van der Waals surface area contributed by atoms with Crippen molar-refractivity contribution in [2.75, 3.05) is 19.8 Å². The van der Waals surface area contributed by atoms with Gasteiger partial charge in [-0.2, -0.15) is 0 Å². The van der Waals surface area contributed by atoms with Gasteiger partial charge in [0.15, 0.2) is 5.60 Å². The molecule has 100 valence electrons. The average molecular weight is 244 g/mol. The Morgan fingerprint density at radius 2 is 1.88 bits per heavy atom. The Balaban J connectivity index is 2.11. The third-order valence-electron chi connectivity index (χ3n) is 3.16. The zero-order valence-electron chi connectivity index (χ0n) is 10.7. The first kappa shape index (κ1) is 14.5. The zero-order chi connectivity index (χ0) is 12.6. The van der Waals surface area contributed by atoms with Crippen LogP contribution >= 0.6 is 0 Å². The van der Waals surface area contributed by atoms with Gasteiger partial charge in [-0.1, -0.05) is 19.8 Å². The Kier molecular flexibility index (Phi) is 6.52. The van der Waals surface area contributed by atoms with Crippen molar-refractivity contribution in [2.45, 2.75) is 57.5 Å². The van der Waals surface area contributed by atoms with E-state index in [0.717, 1.165) is 32.1 Å². The highest BCUT2D eigenvalue weighted by Crippen LogP contribution is 2.28. The molecule has 1 N–H and O–H groups in total. The van der Waals surface area contributed by atoms with E-state index in [1.54, 1.807) is 0 Å². The van der Waals surface area contributed by atoms with Gasteiger partial charge < -0.3 is 14.6 Å². The quantitative estimate of drug-likeness (QED) is 0.550. The summed E-state index contributed by atoms with van der Waals surface area (Å²) < 4.78 is 10.3. The molecule has 4 heteroatoms. The number of hydrogen-bond donors (Lipinski definition) is 1. The van der Waals surface area contributed by atoms with Crippen LogP contribution in [-0.2, 0) is 14.3 Å². The molecule has 4 nitrogen and oxygen atoms in total. The average Bonchev–Trinajstić information content (AvgIpc) is 2.34. The van der Waals surface area contributed by atoms with Crippen LogP contribution in [0.25, 0.3) is 0 Å². The first-order valence-corrected chi connectivity index (χ1v) is 6.66. The maximum Gasteiger partial charge on any atom is 0.338 e. The molecule has 1 aliphatic rings. The van der Waals surface area contributed by atoms with Gasteiger partial charge >= 0.3 is 5.97 Å². The molecule has 1 saturated carbocycles. The number of hydrogen-bond acceptors (Lipinski definition) is 4. The van der Waals surface area contributed by atoms with Crippen LogP contribution in [0, 0.1) is 0 Å². The second-order valence-electron chi connectivity index (χ2n) is 4.69. The topological polar surface area (TPSA) is 55.8 Å². The fourth-order valence-electron chi connectivity index (χ4n) is 2.02. The van der Waals surface area contributed by atoms with E-state index in [9.17, 15) is 9.90 Å². The third kappa shape index (κ3) is 5.04. The fraction of sp³-hybridized carbons (Fsp3) is 0.923. The Hall–Kier alpha value is -0.610. The van der Waals surface area contributed by atoms with Crippen LogP contribution in [0.3, 0.4) is 0 Å². The summed E-state index contributed by atoms with van der Waals surface area (Å²) in [5.41, 5.74) is -1.23. The number of esters is 1. The Morgan fingerprint density at radius 1 is 1.18 bits per heavy atom. The summed E-state index contributed by atoms with van der Waals surface area (Å²) in [6, 6.07) is 0. The molecule has 0 heterocycles. The van der Waals surface area contributed by atoms with Gasteiger partial charge in [0.25, 0.3) is 0 Å². The number of rotatable bonds is 7. The van der Waals surface area contributed by atoms with Crippen molar-refractivity contribution >= 4 is 5.97 Å². The second kappa shape index (κ2) is 7.67. The van der Waals surface area contributed by atoms with Gasteiger partial charge in [-0.05, 0) is 32.1 Å². The van der Waals surface area contributed by atoms with E-state index in [-0.39, 0.29) is 6.61 Å². The molecular weight excluding hydrogens is 220 g/mol. The monoisotopic (exact) mass is 244 g/mol. The van der Waals surface area contributed by atoms with Crippen molar-refractivity contribution in [3.8, 4) is 0 Å². The van der Waals surface area contributed by atoms with E-state index >= 15 is 0 Å². The fourth-order valence-corrected chi connectivity index (χ4v) is 2.02. The Labute approximate surface area is 103 Å². The van der Waals surface area contributed by atoms with E-state index in [1.807, 2.05) is 0 Å². The predicted molar refractivity (Wildman–Crippen MR) is 64.7 cm³/mol. The molecule has 1 fully saturated rings. The van der Waals surface area contributed by atoms with Gasteiger partial charge in [-0.15, -0.1) is 0 Å². The van der Waals surface area contributed by atoms with E-state index in [2.05, 4.69) is 6.92 Å². The normalized spacial score (nSPS) is 18.9. The minimum absolute atomic E-state index is 0.241. The molecule has 0 aromatic carbocycles. The van der Waals surface area contributed by atoms with Crippen molar-refractivity contribution in [3.05, 3.63) is 0 Å². The molecule has 0 unspecified atom stereocenters. The number of carbonyl (C=O) groups is 1. The largest absolute Gasteiger partial charge is 0.461 e. The standard InChI is InChI=1S/C13H24O4/c1-2-3-9-16-10-11-17-12(14)13(15)7-5-4-6-8-13/h15H,2-11H2,1H3. The molecule has 0 aromatic heterocycles. The van der Waals surface area contributed by atoms with E-state index in [1.165, 1.54) is 0 Å². The van der Waals surface area contributed by atoms with Gasteiger partial charge in [0.1, 0.15) is 6.61 Å². The smallest absolute Gasteiger partial charge is 0.338 e. The molecule has 0 aliphatic heterocycles. The zero-order valence-corrected chi connectivity index (χ0v) is 10.7. The summed E-state index contributed by atoms with van der Waals surface area (Å²) in [5.74, 6) is -0.476. The number of unbranched alkanes of at least 4 members (excludes halogenated alkanes) is 1. The summed E-state index contributed by atoms with van der Waals surface area (Å²) in [6.45, 7) is 3.47. The molecule has 0 aromatic rings. The van der Waals surface area contributed by atoms with Crippen LogP contribution in [0.5, 0.6) is 0 Å². The lowest BCUT2D eigenvalue weighted by Gasteiger charge is -2.29. The maximum atomic E-state index is 11.7. The summed E-state index contributed by atoms with van der Waals surface area (Å²) in [5, 5.41) is 10.1. The molecule has 0 bridgehead atoms. The van der Waals surface area contributed by atoms with Crippen molar-refractivity contribution in [2.24, 2.45) is 0 Å². The van der Waals surface area contributed by atoms with E-state index < -0.39 is 11.6 Å².